The summed E-state index contributed by atoms with van der Waals surface area (Å²) in [6.07, 6.45) is 6.99. The maximum absolute atomic E-state index is 11.5. The molecule has 1 saturated carbocycles. The van der Waals surface area contributed by atoms with Gasteiger partial charge in [-0.05, 0) is 18.8 Å². The van der Waals surface area contributed by atoms with Crippen molar-refractivity contribution in [2.75, 3.05) is 18.5 Å². The number of carbonyl (C=O) groups is 1. The molecule has 0 spiro atoms. The average molecular weight is 283 g/mol. The van der Waals surface area contributed by atoms with Crippen molar-refractivity contribution in [3.63, 3.8) is 0 Å². The molecule has 106 valence electrons. The van der Waals surface area contributed by atoms with E-state index >= 15 is 0 Å². The summed E-state index contributed by atoms with van der Waals surface area (Å²) in [6.45, 7) is 3.34. The van der Waals surface area contributed by atoms with E-state index in [1.807, 2.05) is 5.38 Å². The van der Waals surface area contributed by atoms with Gasteiger partial charge in [-0.3, -0.25) is 5.32 Å². The van der Waals surface area contributed by atoms with Crippen molar-refractivity contribution in [1.82, 2.24) is 10.3 Å². The van der Waals surface area contributed by atoms with E-state index in [-0.39, 0.29) is 6.03 Å². The fourth-order valence-corrected chi connectivity index (χ4v) is 2.86. The van der Waals surface area contributed by atoms with Crippen molar-refractivity contribution in [3.05, 3.63) is 11.6 Å². The molecule has 1 fully saturated rings. The Morgan fingerprint density at radius 2 is 2.37 bits per heavy atom. The van der Waals surface area contributed by atoms with E-state index in [4.69, 9.17) is 4.74 Å². The van der Waals surface area contributed by atoms with Crippen LogP contribution in [0.3, 0.4) is 0 Å². The van der Waals surface area contributed by atoms with E-state index in [2.05, 4.69) is 22.5 Å². The van der Waals surface area contributed by atoms with Crippen molar-refractivity contribution < 1.29 is 9.53 Å². The lowest BCUT2D eigenvalue weighted by molar-refractivity contribution is -0.00232. The number of ether oxygens (including phenoxy) is 1. The maximum Gasteiger partial charge on any atom is 0.321 e. The second-order valence-corrected chi connectivity index (χ2v) is 5.78. The Bertz CT molecular complexity index is 383. The largest absolute Gasteiger partial charge is 0.376 e. The lowest BCUT2D eigenvalue weighted by Gasteiger charge is -2.28. The lowest BCUT2D eigenvalue weighted by atomic mass is 9.88. The van der Waals surface area contributed by atoms with E-state index in [1.54, 1.807) is 6.20 Å². The summed E-state index contributed by atoms with van der Waals surface area (Å²) in [4.78, 5) is 15.5. The Balaban J connectivity index is 1.57. The predicted molar refractivity (Wildman–Crippen MR) is 76.5 cm³/mol. The Morgan fingerprint density at radius 1 is 1.53 bits per heavy atom. The SMILES string of the molecule is CC1CCCCC1OCCNC(=O)Nc1nccs1. The number of nitrogens with one attached hydrogen (secondary N) is 2. The molecule has 2 amide bonds. The molecule has 5 nitrogen and oxygen atoms in total. The minimum absolute atomic E-state index is 0.227. The molecule has 2 unspecified atom stereocenters. The van der Waals surface area contributed by atoms with Gasteiger partial charge in [0, 0.05) is 18.1 Å². The van der Waals surface area contributed by atoms with Crippen LogP contribution in [0.2, 0.25) is 0 Å². The fraction of sp³-hybridized carbons (Fsp3) is 0.692. The number of nitrogens with zero attached hydrogens (tertiary/aromatic N) is 1. The van der Waals surface area contributed by atoms with Crippen molar-refractivity contribution >= 4 is 22.5 Å². The van der Waals surface area contributed by atoms with Crippen molar-refractivity contribution in [2.24, 2.45) is 5.92 Å². The Morgan fingerprint density at radius 3 is 3.11 bits per heavy atom. The topological polar surface area (TPSA) is 63.2 Å². The van der Waals surface area contributed by atoms with Gasteiger partial charge in [0.25, 0.3) is 0 Å². The number of hydrogen-bond acceptors (Lipinski definition) is 4. The number of anilines is 1. The van der Waals surface area contributed by atoms with Crippen LogP contribution in [0.5, 0.6) is 0 Å². The molecule has 0 radical (unpaired) electrons. The van der Waals surface area contributed by atoms with Crippen LogP contribution >= 0.6 is 11.3 Å². The number of hydrogen-bond donors (Lipinski definition) is 2. The third-order valence-corrected chi connectivity index (χ3v) is 4.09. The smallest absolute Gasteiger partial charge is 0.321 e. The molecule has 0 saturated heterocycles. The van der Waals surface area contributed by atoms with E-state index in [1.165, 1.54) is 30.6 Å². The van der Waals surface area contributed by atoms with E-state index < -0.39 is 0 Å². The van der Waals surface area contributed by atoms with E-state index in [0.717, 1.165) is 6.42 Å². The van der Waals surface area contributed by atoms with E-state index in [9.17, 15) is 4.79 Å². The standard InChI is InChI=1S/C13H21N3O2S/c1-10-4-2-3-5-11(10)18-8-6-14-12(17)16-13-15-7-9-19-13/h7,9-11H,2-6,8H2,1H3,(H2,14,15,16,17). The molecular weight excluding hydrogens is 262 g/mol. The lowest BCUT2D eigenvalue weighted by Crippen LogP contribution is -2.34. The molecular formula is C13H21N3O2S. The number of urea groups is 1. The van der Waals surface area contributed by atoms with Crippen molar-refractivity contribution in [2.45, 2.75) is 38.7 Å². The molecule has 6 heteroatoms. The molecule has 2 atom stereocenters. The van der Waals surface area contributed by atoms with Crippen LogP contribution in [0.15, 0.2) is 11.6 Å². The Labute approximate surface area is 117 Å². The highest BCUT2D eigenvalue weighted by atomic mass is 32.1. The van der Waals surface area contributed by atoms with Crippen LogP contribution in [0.25, 0.3) is 0 Å². The maximum atomic E-state index is 11.5. The third kappa shape index (κ3) is 4.80. The van der Waals surface area contributed by atoms with Gasteiger partial charge in [0.15, 0.2) is 5.13 Å². The summed E-state index contributed by atoms with van der Waals surface area (Å²) < 4.78 is 5.83. The van der Waals surface area contributed by atoms with Gasteiger partial charge in [0.2, 0.25) is 0 Å². The van der Waals surface area contributed by atoms with E-state index in [0.29, 0.717) is 30.3 Å². The molecule has 1 aromatic rings. The van der Waals surface area contributed by atoms with Gasteiger partial charge in [0.1, 0.15) is 0 Å². The zero-order valence-electron chi connectivity index (χ0n) is 11.2. The summed E-state index contributed by atoms with van der Waals surface area (Å²) in [5, 5.41) is 7.87. The molecule has 2 N–H and O–H groups in total. The summed E-state index contributed by atoms with van der Waals surface area (Å²) in [7, 11) is 0. The normalized spacial score (nSPS) is 23.0. The van der Waals surface area contributed by atoms with Gasteiger partial charge < -0.3 is 10.1 Å². The number of rotatable bonds is 5. The molecule has 1 aliphatic carbocycles. The summed E-state index contributed by atoms with van der Waals surface area (Å²) >= 11 is 1.40. The van der Waals surface area contributed by atoms with Crippen LogP contribution in [-0.2, 0) is 4.74 Å². The Hall–Kier alpha value is -1.14. The summed E-state index contributed by atoms with van der Waals surface area (Å²) in [6, 6.07) is -0.227. The van der Waals surface area contributed by atoms with Crippen molar-refractivity contribution in [3.8, 4) is 0 Å². The molecule has 19 heavy (non-hydrogen) atoms. The molecule has 1 aromatic heterocycles. The van der Waals surface area contributed by atoms with Crippen molar-refractivity contribution in [1.29, 1.82) is 0 Å². The molecule has 1 heterocycles. The zero-order chi connectivity index (χ0) is 13.5. The monoisotopic (exact) mass is 283 g/mol. The predicted octanol–water partition coefficient (Wildman–Crippen LogP) is 2.86. The number of aromatic nitrogens is 1. The highest BCUT2D eigenvalue weighted by molar-refractivity contribution is 7.13. The van der Waals surface area contributed by atoms with Gasteiger partial charge in [-0.1, -0.05) is 19.8 Å². The van der Waals surface area contributed by atoms with Gasteiger partial charge in [-0.15, -0.1) is 11.3 Å². The Kier molecular flexibility index (Phi) is 5.60. The summed E-state index contributed by atoms with van der Waals surface area (Å²) in [5.74, 6) is 0.637. The molecule has 0 aliphatic heterocycles. The highest BCUT2D eigenvalue weighted by Crippen LogP contribution is 2.25. The first-order chi connectivity index (χ1) is 9.25. The van der Waals surface area contributed by atoms with Crippen LogP contribution in [0, 0.1) is 5.92 Å². The minimum Gasteiger partial charge on any atom is -0.376 e. The first-order valence-electron chi connectivity index (χ1n) is 6.81. The highest BCUT2D eigenvalue weighted by Gasteiger charge is 2.21. The third-order valence-electron chi connectivity index (χ3n) is 3.41. The molecule has 1 aliphatic rings. The van der Waals surface area contributed by atoms with Crippen LogP contribution in [-0.4, -0.2) is 30.3 Å². The zero-order valence-corrected chi connectivity index (χ0v) is 12.0. The van der Waals surface area contributed by atoms with Gasteiger partial charge >= 0.3 is 6.03 Å². The quantitative estimate of drug-likeness (QED) is 0.817. The molecule has 0 aromatic carbocycles. The fourth-order valence-electron chi connectivity index (χ4n) is 2.33. The molecule has 2 rings (SSSR count). The first-order valence-corrected chi connectivity index (χ1v) is 7.69. The van der Waals surface area contributed by atoms with Gasteiger partial charge in [-0.2, -0.15) is 0 Å². The van der Waals surface area contributed by atoms with Gasteiger partial charge in [0.05, 0.1) is 12.7 Å². The second-order valence-electron chi connectivity index (χ2n) is 4.89. The van der Waals surface area contributed by atoms with Crippen LogP contribution in [0.1, 0.15) is 32.6 Å². The average Bonchev–Trinajstić information content (AvgIpc) is 2.89. The number of amides is 2. The first kappa shape index (κ1) is 14.3. The number of thiazole rings is 1. The second kappa shape index (κ2) is 7.45. The molecule has 0 bridgehead atoms. The minimum atomic E-state index is -0.227. The van der Waals surface area contributed by atoms with Crippen LogP contribution < -0.4 is 10.6 Å². The summed E-state index contributed by atoms with van der Waals surface area (Å²) in [5.41, 5.74) is 0. The van der Waals surface area contributed by atoms with Gasteiger partial charge in [-0.25, -0.2) is 9.78 Å². The van der Waals surface area contributed by atoms with Crippen LogP contribution in [0.4, 0.5) is 9.93 Å². The number of carbonyl (C=O) groups excluding carboxylic acids is 1.